The summed E-state index contributed by atoms with van der Waals surface area (Å²) in [4.78, 5) is 0. The molecule has 1 unspecified atom stereocenters. The van der Waals surface area contributed by atoms with Crippen LogP contribution in [0.25, 0.3) is 0 Å². The molecule has 0 heterocycles. The monoisotopic (exact) mass is 270 g/mol. The molecule has 0 aliphatic rings. The zero-order chi connectivity index (χ0) is 14.5. The predicted octanol–water partition coefficient (Wildman–Crippen LogP) is 3.08. The van der Waals surface area contributed by atoms with E-state index < -0.39 is 6.10 Å². The Morgan fingerprint density at radius 1 is 1.30 bits per heavy atom. The van der Waals surface area contributed by atoms with E-state index in [9.17, 15) is 4.39 Å². The molecule has 2 aromatic rings. The molecule has 3 nitrogen and oxygen atoms in total. The lowest BCUT2D eigenvalue weighted by atomic mass is 10.1. The van der Waals surface area contributed by atoms with Crippen LogP contribution in [0.3, 0.4) is 0 Å². The van der Waals surface area contributed by atoms with Gasteiger partial charge in [0.15, 0.2) is 0 Å². The summed E-state index contributed by atoms with van der Waals surface area (Å²) in [7, 11) is 0. The van der Waals surface area contributed by atoms with Crippen LogP contribution in [0.15, 0.2) is 42.5 Å². The Morgan fingerprint density at radius 3 is 2.75 bits per heavy atom. The number of nitrogens with zero attached hydrogens (tertiary/aromatic N) is 1. The number of hydrogen-bond donors (Lipinski definition) is 1. The van der Waals surface area contributed by atoms with Crippen LogP contribution >= 0.6 is 0 Å². The van der Waals surface area contributed by atoms with E-state index in [1.807, 2.05) is 13.0 Å². The van der Waals surface area contributed by atoms with Gasteiger partial charge in [0, 0.05) is 6.54 Å². The number of hydrogen-bond acceptors (Lipinski definition) is 3. The van der Waals surface area contributed by atoms with Crippen molar-refractivity contribution >= 4 is 0 Å². The molecule has 4 heteroatoms. The van der Waals surface area contributed by atoms with Gasteiger partial charge in [0.25, 0.3) is 0 Å². The lowest BCUT2D eigenvalue weighted by Gasteiger charge is -2.19. The highest BCUT2D eigenvalue weighted by atomic mass is 19.1. The van der Waals surface area contributed by atoms with E-state index >= 15 is 0 Å². The molecule has 0 spiro atoms. The molecule has 0 saturated carbocycles. The van der Waals surface area contributed by atoms with E-state index in [0.29, 0.717) is 16.9 Å². The first-order valence-electron chi connectivity index (χ1n) is 6.27. The molecule has 0 amide bonds. The second kappa shape index (κ2) is 6.18. The van der Waals surface area contributed by atoms with Gasteiger partial charge in [-0.3, -0.25) is 0 Å². The van der Waals surface area contributed by atoms with Gasteiger partial charge < -0.3 is 10.5 Å². The number of nitriles is 1. The van der Waals surface area contributed by atoms with Crippen molar-refractivity contribution in [2.24, 2.45) is 5.73 Å². The standard InChI is InChI=1S/C16H15FN2O/c1-11-5-6-12(9-18)7-15(11)20-16(10-19)13-3-2-4-14(17)8-13/h2-8,16H,10,19H2,1H3. The van der Waals surface area contributed by atoms with E-state index in [1.165, 1.54) is 12.1 Å². The van der Waals surface area contributed by atoms with E-state index in [2.05, 4.69) is 6.07 Å². The van der Waals surface area contributed by atoms with Crippen LogP contribution in [0.1, 0.15) is 22.8 Å². The molecule has 0 aliphatic heterocycles. The highest BCUT2D eigenvalue weighted by Gasteiger charge is 2.14. The molecule has 0 fully saturated rings. The average Bonchev–Trinajstić information content (AvgIpc) is 2.46. The normalized spacial score (nSPS) is 11.7. The fraction of sp³-hybridized carbons (Fsp3) is 0.188. The Labute approximate surface area is 117 Å². The second-order valence-electron chi connectivity index (χ2n) is 4.49. The van der Waals surface area contributed by atoms with Crippen molar-refractivity contribution in [3.05, 3.63) is 65.0 Å². The molecule has 0 aliphatic carbocycles. The van der Waals surface area contributed by atoms with Crippen LogP contribution in [0.5, 0.6) is 5.75 Å². The van der Waals surface area contributed by atoms with Gasteiger partial charge in [-0.1, -0.05) is 18.2 Å². The molecule has 102 valence electrons. The van der Waals surface area contributed by atoms with Crippen LogP contribution in [0.2, 0.25) is 0 Å². The summed E-state index contributed by atoms with van der Waals surface area (Å²) in [5.74, 6) is 0.260. The van der Waals surface area contributed by atoms with Gasteiger partial charge in [0.2, 0.25) is 0 Å². The summed E-state index contributed by atoms with van der Waals surface area (Å²) >= 11 is 0. The highest BCUT2D eigenvalue weighted by molar-refractivity contribution is 5.42. The first-order valence-corrected chi connectivity index (χ1v) is 6.27. The topological polar surface area (TPSA) is 59.0 Å². The maximum Gasteiger partial charge on any atom is 0.136 e. The minimum Gasteiger partial charge on any atom is -0.484 e. The van der Waals surface area contributed by atoms with E-state index in [1.54, 1.807) is 24.3 Å². The van der Waals surface area contributed by atoms with Crippen molar-refractivity contribution in [1.82, 2.24) is 0 Å². The molecule has 2 aromatic carbocycles. The quantitative estimate of drug-likeness (QED) is 0.928. The number of benzene rings is 2. The van der Waals surface area contributed by atoms with Crippen molar-refractivity contribution in [2.75, 3.05) is 6.54 Å². The highest BCUT2D eigenvalue weighted by Crippen LogP contribution is 2.26. The van der Waals surface area contributed by atoms with E-state index in [-0.39, 0.29) is 12.4 Å². The van der Waals surface area contributed by atoms with Gasteiger partial charge >= 0.3 is 0 Å². The first kappa shape index (κ1) is 14.0. The lowest BCUT2D eigenvalue weighted by Crippen LogP contribution is -2.19. The summed E-state index contributed by atoms with van der Waals surface area (Å²) in [5.41, 5.74) is 7.80. The number of halogens is 1. The summed E-state index contributed by atoms with van der Waals surface area (Å²) in [6.07, 6.45) is -0.446. The number of aryl methyl sites for hydroxylation is 1. The molecular weight excluding hydrogens is 255 g/mol. The molecule has 20 heavy (non-hydrogen) atoms. The third kappa shape index (κ3) is 3.14. The minimum absolute atomic E-state index is 0.222. The van der Waals surface area contributed by atoms with Gasteiger partial charge in [-0.15, -0.1) is 0 Å². The summed E-state index contributed by atoms with van der Waals surface area (Å²) in [5, 5.41) is 8.92. The number of ether oxygens (including phenoxy) is 1. The van der Waals surface area contributed by atoms with Crippen LogP contribution in [0.4, 0.5) is 4.39 Å². The Morgan fingerprint density at radius 2 is 2.10 bits per heavy atom. The molecule has 0 aromatic heterocycles. The lowest BCUT2D eigenvalue weighted by molar-refractivity contribution is 0.212. The van der Waals surface area contributed by atoms with Crippen molar-refractivity contribution in [3.8, 4) is 11.8 Å². The maximum absolute atomic E-state index is 13.3. The van der Waals surface area contributed by atoms with E-state index in [0.717, 1.165) is 5.56 Å². The Bertz CT molecular complexity index is 649. The molecular formula is C16H15FN2O. The van der Waals surface area contributed by atoms with Crippen molar-refractivity contribution in [3.63, 3.8) is 0 Å². The largest absolute Gasteiger partial charge is 0.484 e. The Kier molecular flexibility index (Phi) is 4.34. The van der Waals surface area contributed by atoms with Gasteiger partial charge in [0.05, 0.1) is 11.6 Å². The Balaban J connectivity index is 2.29. The summed E-state index contributed by atoms with van der Waals surface area (Å²) < 4.78 is 19.1. The third-order valence-electron chi connectivity index (χ3n) is 3.02. The van der Waals surface area contributed by atoms with E-state index in [4.69, 9.17) is 15.7 Å². The molecule has 0 radical (unpaired) electrons. The third-order valence-corrected chi connectivity index (χ3v) is 3.02. The van der Waals surface area contributed by atoms with Crippen molar-refractivity contribution in [1.29, 1.82) is 5.26 Å². The molecule has 1 atom stereocenters. The smallest absolute Gasteiger partial charge is 0.136 e. The van der Waals surface area contributed by atoms with Crippen molar-refractivity contribution in [2.45, 2.75) is 13.0 Å². The minimum atomic E-state index is -0.446. The number of nitrogens with two attached hydrogens (primary N) is 1. The zero-order valence-electron chi connectivity index (χ0n) is 11.1. The fourth-order valence-electron chi connectivity index (χ4n) is 1.91. The van der Waals surface area contributed by atoms with Gasteiger partial charge in [-0.05, 0) is 42.3 Å². The van der Waals surface area contributed by atoms with Gasteiger partial charge in [0.1, 0.15) is 17.7 Å². The molecule has 0 saturated heterocycles. The zero-order valence-corrected chi connectivity index (χ0v) is 11.1. The molecule has 0 bridgehead atoms. The van der Waals surface area contributed by atoms with Gasteiger partial charge in [-0.2, -0.15) is 5.26 Å². The summed E-state index contributed by atoms with van der Waals surface area (Å²) in [6.45, 7) is 2.11. The predicted molar refractivity (Wildman–Crippen MR) is 74.7 cm³/mol. The van der Waals surface area contributed by atoms with Crippen LogP contribution in [-0.2, 0) is 0 Å². The Hall–Kier alpha value is -2.38. The van der Waals surface area contributed by atoms with Gasteiger partial charge in [-0.25, -0.2) is 4.39 Å². The summed E-state index contributed by atoms with van der Waals surface area (Å²) in [6, 6.07) is 13.4. The maximum atomic E-state index is 13.3. The van der Waals surface area contributed by atoms with Crippen LogP contribution in [-0.4, -0.2) is 6.54 Å². The van der Waals surface area contributed by atoms with Crippen molar-refractivity contribution < 1.29 is 9.13 Å². The second-order valence-corrected chi connectivity index (χ2v) is 4.49. The first-order chi connectivity index (χ1) is 9.63. The number of rotatable bonds is 4. The van der Waals surface area contributed by atoms with Crippen LogP contribution in [0, 0.1) is 24.1 Å². The average molecular weight is 270 g/mol. The fourth-order valence-corrected chi connectivity index (χ4v) is 1.91. The van der Waals surface area contributed by atoms with Crippen LogP contribution < -0.4 is 10.5 Å². The molecule has 2 rings (SSSR count). The molecule has 2 N–H and O–H groups in total. The SMILES string of the molecule is Cc1ccc(C#N)cc1OC(CN)c1cccc(F)c1.